The van der Waals surface area contributed by atoms with Gasteiger partial charge in [-0.05, 0) is 41.1 Å². The van der Waals surface area contributed by atoms with Crippen molar-refractivity contribution in [3.8, 4) is 0 Å². The van der Waals surface area contributed by atoms with Crippen molar-refractivity contribution in [1.29, 1.82) is 0 Å². The van der Waals surface area contributed by atoms with Crippen molar-refractivity contribution in [3.63, 3.8) is 0 Å². The van der Waals surface area contributed by atoms with Crippen LogP contribution in [0.3, 0.4) is 0 Å². The van der Waals surface area contributed by atoms with Gasteiger partial charge in [0.05, 0.1) is 18.4 Å². The van der Waals surface area contributed by atoms with Gasteiger partial charge in [-0.1, -0.05) is 48.0 Å². The zero-order chi connectivity index (χ0) is 16.4. The topological polar surface area (TPSA) is 52.3 Å². The van der Waals surface area contributed by atoms with Crippen molar-refractivity contribution in [2.45, 2.75) is 6.42 Å². The Labute approximate surface area is 139 Å². The zero-order valence-corrected chi connectivity index (χ0v) is 13.4. The van der Waals surface area contributed by atoms with Crippen LogP contribution in [0.2, 0.25) is 5.02 Å². The van der Waals surface area contributed by atoms with Crippen LogP contribution in [0.5, 0.6) is 0 Å². The number of fused-ring (bicyclic) bond motifs is 1. The Morgan fingerprint density at radius 2 is 1.74 bits per heavy atom. The fraction of sp³-hybridized carbons (Fsp3) is 0.105. The van der Waals surface area contributed by atoms with E-state index in [1.165, 1.54) is 7.11 Å². The second kappa shape index (κ2) is 6.31. The third kappa shape index (κ3) is 3.01. The largest absolute Gasteiger partial charge is 0.465 e. The normalized spacial score (nSPS) is 10.7. The molecule has 0 spiro atoms. The highest BCUT2D eigenvalue weighted by molar-refractivity contribution is 6.30. The molecule has 0 atom stereocenters. The number of methoxy groups -OCH3 is 1. The number of hydrogen-bond acceptors (Lipinski definition) is 3. The first-order valence-corrected chi connectivity index (χ1v) is 7.61. The summed E-state index contributed by atoms with van der Waals surface area (Å²) in [6.45, 7) is 0. The Morgan fingerprint density at radius 1 is 1.09 bits per heavy atom. The van der Waals surface area contributed by atoms with Gasteiger partial charge in [-0.15, -0.1) is 0 Å². The molecule has 3 aromatic rings. The maximum atomic E-state index is 12.0. The monoisotopic (exact) mass is 325 g/mol. The molecule has 0 bridgehead atoms. The average Bonchev–Trinajstić information content (AvgIpc) is 2.58. The van der Waals surface area contributed by atoms with Crippen molar-refractivity contribution in [1.82, 2.24) is 0 Å². The molecule has 23 heavy (non-hydrogen) atoms. The zero-order valence-electron chi connectivity index (χ0n) is 12.7. The van der Waals surface area contributed by atoms with E-state index in [1.54, 1.807) is 0 Å². The Hall–Kier alpha value is -2.52. The molecule has 0 heterocycles. The van der Waals surface area contributed by atoms with E-state index in [0.29, 0.717) is 22.7 Å². The summed E-state index contributed by atoms with van der Waals surface area (Å²) in [6.07, 6.45) is 0.682. The van der Waals surface area contributed by atoms with Crippen molar-refractivity contribution in [2.24, 2.45) is 0 Å². The summed E-state index contributed by atoms with van der Waals surface area (Å²) in [6, 6.07) is 17.3. The van der Waals surface area contributed by atoms with Crippen LogP contribution in [0.1, 0.15) is 21.5 Å². The Bertz CT molecular complexity index is 872. The maximum absolute atomic E-state index is 12.0. The molecule has 4 heteroatoms. The molecule has 3 nitrogen and oxygen atoms in total. The molecule has 0 fully saturated rings. The van der Waals surface area contributed by atoms with Gasteiger partial charge in [-0.25, -0.2) is 4.79 Å². The number of carbonyl (C=O) groups excluding carboxylic acids is 1. The fourth-order valence-electron chi connectivity index (χ4n) is 2.72. The van der Waals surface area contributed by atoms with Gasteiger partial charge in [0.2, 0.25) is 0 Å². The van der Waals surface area contributed by atoms with Crippen LogP contribution in [-0.4, -0.2) is 13.1 Å². The lowest BCUT2D eigenvalue weighted by molar-refractivity contribution is 0.0602. The smallest absolute Gasteiger partial charge is 0.339 e. The predicted octanol–water partition coefficient (Wildman–Crippen LogP) is 4.45. The molecule has 0 aromatic heterocycles. The van der Waals surface area contributed by atoms with Gasteiger partial charge >= 0.3 is 5.97 Å². The van der Waals surface area contributed by atoms with Gasteiger partial charge in [0.15, 0.2) is 0 Å². The molecule has 116 valence electrons. The van der Waals surface area contributed by atoms with Crippen LogP contribution in [0.25, 0.3) is 10.8 Å². The first kappa shape index (κ1) is 15.4. The first-order chi connectivity index (χ1) is 11.1. The molecule has 0 aliphatic carbocycles. The van der Waals surface area contributed by atoms with E-state index in [2.05, 4.69) is 0 Å². The summed E-state index contributed by atoms with van der Waals surface area (Å²) in [5.41, 5.74) is 9.15. The van der Waals surface area contributed by atoms with Crippen LogP contribution >= 0.6 is 11.6 Å². The molecular weight excluding hydrogens is 310 g/mol. The SMILES string of the molecule is COC(=O)c1cc(Cc2ccc(Cl)cc2)c2ccccc2c1N. The summed E-state index contributed by atoms with van der Waals surface area (Å²) in [5.74, 6) is -0.425. The molecule has 0 amide bonds. The molecule has 2 N–H and O–H groups in total. The third-order valence-electron chi connectivity index (χ3n) is 3.89. The van der Waals surface area contributed by atoms with E-state index in [4.69, 9.17) is 22.1 Å². The Kier molecular flexibility index (Phi) is 4.22. The summed E-state index contributed by atoms with van der Waals surface area (Å²) >= 11 is 5.94. The summed E-state index contributed by atoms with van der Waals surface area (Å²) in [4.78, 5) is 12.0. The summed E-state index contributed by atoms with van der Waals surface area (Å²) in [5, 5.41) is 2.60. The number of nitrogens with two attached hydrogens (primary N) is 1. The van der Waals surface area contributed by atoms with Gasteiger partial charge in [-0.2, -0.15) is 0 Å². The van der Waals surface area contributed by atoms with E-state index in [0.717, 1.165) is 21.9 Å². The van der Waals surface area contributed by atoms with Crippen LogP contribution in [-0.2, 0) is 11.2 Å². The number of esters is 1. The molecule has 0 saturated carbocycles. The second-order valence-corrected chi connectivity index (χ2v) is 5.77. The minimum Gasteiger partial charge on any atom is -0.465 e. The minimum absolute atomic E-state index is 0.398. The molecule has 0 radical (unpaired) electrons. The van der Waals surface area contributed by atoms with Gasteiger partial charge in [0, 0.05) is 10.4 Å². The lowest BCUT2D eigenvalue weighted by atomic mass is 9.94. The molecular formula is C19H16ClNO2. The number of benzene rings is 3. The van der Waals surface area contributed by atoms with Crippen LogP contribution < -0.4 is 5.73 Å². The quantitative estimate of drug-likeness (QED) is 0.571. The van der Waals surface area contributed by atoms with E-state index < -0.39 is 5.97 Å². The average molecular weight is 326 g/mol. The molecule has 0 aliphatic rings. The molecule has 0 saturated heterocycles. The number of nitrogen functional groups attached to an aromatic ring is 1. The molecule has 3 rings (SSSR count). The second-order valence-electron chi connectivity index (χ2n) is 5.34. The van der Waals surface area contributed by atoms with Gasteiger partial charge in [0.1, 0.15) is 0 Å². The lowest BCUT2D eigenvalue weighted by Crippen LogP contribution is -2.07. The molecule has 0 aliphatic heterocycles. The van der Waals surface area contributed by atoms with E-state index in [1.807, 2.05) is 54.6 Å². The van der Waals surface area contributed by atoms with Crippen molar-refractivity contribution < 1.29 is 9.53 Å². The van der Waals surface area contributed by atoms with E-state index >= 15 is 0 Å². The number of anilines is 1. The van der Waals surface area contributed by atoms with Gasteiger partial charge < -0.3 is 10.5 Å². The van der Waals surface area contributed by atoms with Crippen molar-refractivity contribution >= 4 is 34.0 Å². The number of halogens is 1. The van der Waals surface area contributed by atoms with Crippen LogP contribution in [0.15, 0.2) is 54.6 Å². The van der Waals surface area contributed by atoms with Crippen LogP contribution in [0, 0.1) is 0 Å². The number of ether oxygens (including phenoxy) is 1. The highest BCUT2D eigenvalue weighted by Gasteiger charge is 2.16. The highest BCUT2D eigenvalue weighted by Crippen LogP contribution is 2.30. The fourth-order valence-corrected chi connectivity index (χ4v) is 2.85. The number of carbonyl (C=O) groups is 1. The standard InChI is InChI=1S/C19H16ClNO2/c1-23-19(22)17-11-13(10-12-6-8-14(20)9-7-12)15-4-2-3-5-16(15)18(17)21/h2-9,11H,10,21H2,1H3. The van der Waals surface area contributed by atoms with E-state index in [9.17, 15) is 4.79 Å². The lowest BCUT2D eigenvalue weighted by Gasteiger charge is -2.13. The predicted molar refractivity (Wildman–Crippen MR) is 94.0 cm³/mol. The molecule has 3 aromatic carbocycles. The third-order valence-corrected chi connectivity index (χ3v) is 4.14. The van der Waals surface area contributed by atoms with Crippen molar-refractivity contribution in [2.75, 3.05) is 12.8 Å². The van der Waals surface area contributed by atoms with Crippen LogP contribution in [0.4, 0.5) is 5.69 Å². The first-order valence-electron chi connectivity index (χ1n) is 7.23. The van der Waals surface area contributed by atoms with Gasteiger partial charge in [0.25, 0.3) is 0 Å². The number of rotatable bonds is 3. The summed E-state index contributed by atoms with van der Waals surface area (Å²) in [7, 11) is 1.36. The highest BCUT2D eigenvalue weighted by atomic mass is 35.5. The number of hydrogen-bond donors (Lipinski definition) is 1. The maximum Gasteiger partial charge on any atom is 0.339 e. The van der Waals surface area contributed by atoms with E-state index in [-0.39, 0.29) is 0 Å². The Morgan fingerprint density at radius 3 is 2.39 bits per heavy atom. The summed E-state index contributed by atoms with van der Waals surface area (Å²) < 4.78 is 4.85. The Balaban J connectivity index is 2.16. The van der Waals surface area contributed by atoms with Gasteiger partial charge in [-0.3, -0.25) is 0 Å². The minimum atomic E-state index is -0.425. The van der Waals surface area contributed by atoms with Crippen molar-refractivity contribution in [3.05, 3.63) is 76.3 Å². The molecule has 0 unspecified atom stereocenters.